The first kappa shape index (κ1) is 16.1. The maximum Gasteiger partial charge on any atom is 0.229 e. The second kappa shape index (κ2) is 6.26. The molecule has 1 spiro atoms. The highest BCUT2D eigenvalue weighted by Crippen LogP contribution is 2.48. The second-order valence-corrected chi connectivity index (χ2v) is 7.12. The van der Waals surface area contributed by atoms with E-state index in [1.165, 1.54) is 23.6 Å². The molecule has 0 atom stereocenters. The Morgan fingerprint density at radius 3 is 2.30 bits per heavy atom. The van der Waals surface area contributed by atoms with Crippen LogP contribution in [0.2, 0.25) is 0 Å². The van der Waals surface area contributed by atoms with Crippen LogP contribution in [0.15, 0.2) is 55.1 Å². The summed E-state index contributed by atoms with van der Waals surface area (Å²) in [6.07, 6.45) is 7.98. The molecule has 7 heteroatoms. The number of fused-ring (bicyclic) bond motifs is 2. The van der Waals surface area contributed by atoms with Gasteiger partial charge in [-0.3, -0.25) is 0 Å². The summed E-state index contributed by atoms with van der Waals surface area (Å²) >= 11 is 0. The fraction of sp³-hybridized carbons (Fsp3) is 0.300. The first-order chi connectivity index (χ1) is 13.3. The number of benzene rings is 1. The van der Waals surface area contributed by atoms with Crippen molar-refractivity contribution in [3.63, 3.8) is 0 Å². The summed E-state index contributed by atoms with van der Waals surface area (Å²) in [7, 11) is 0. The molecule has 0 unspecified atom stereocenters. The van der Waals surface area contributed by atoms with Crippen LogP contribution >= 0.6 is 0 Å². The van der Waals surface area contributed by atoms with Gasteiger partial charge in [0, 0.05) is 43.1 Å². The molecular formula is C20H19FN6. The van der Waals surface area contributed by atoms with E-state index in [9.17, 15) is 4.39 Å². The van der Waals surface area contributed by atoms with E-state index in [4.69, 9.17) is 0 Å². The molecule has 0 bridgehead atoms. The van der Waals surface area contributed by atoms with Crippen molar-refractivity contribution in [3.05, 3.63) is 66.5 Å². The molecule has 6 nitrogen and oxygen atoms in total. The molecule has 1 saturated heterocycles. The van der Waals surface area contributed by atoms with E-state index in [0.29, 0.717) is 5.95 Å². The third-order valence-corrected chi connectivity index (χ3v) is 5.63. The molecule has 1 aromatic carbocycles. The molecule has 5 rings (SSSR count). The van der Waals surface area contributed by atoms with Crippen molar-refractivity contribution in [3.8, 4) is 0 Å². The molecule has 27 heavy (non-hydrogen) atoms. The summed E-state index contributed by atoms with van der Waals surface area (Å²) in [5.74, 6) is 0.933. The first-order valence-electron chi connectivity index (χ1n) is 9.12. The number of piperidine rings is 1. The van der Waals surface area contributed by atoms with Crippen LogP contribution < -0.4 is 9.80 Å². The number of para-hydroxylation sites is 1. The van der Waals surface area contributed by atoms with Crippen LogP contribution in [0, 0.1) is 5.82 Å². The van der Waals surface area contributed by atoms with Crippen LogP contribution in [-0.4, -0.2) is 39.6 Å². The molecule has 0 saturated carbocycles. The molecule has 0 amide bonds. The van der Waals surface area contributed by atoms with E-state index < -0.39 is 5.82 Å². The van der Waals surface area contributed by atoms with Gasteiger partial charge in [0.2, 0.25) is 11.9 Å². The maximum absolute atomic E-state index is 13.1. The maximum atomic E-state index is 13.1. The molecule has 3 aromatic rings. The number of hydrogen-bond donors (Lipinski definition) is 0. The lowest BCUT2D eigenvalue weighted by atomic mass is 9.74. The average Bonchev–Trinajstić information content (AvgIpc) is 3.05. The van der Waals surface area contributed by atoms with Crippen LogP contribution in [0.1, 0.15) is 18.4 Å². The molecule has 0 aliphatic carbocycles. The minimum absolute atomic E-state index is 0.0618. The fourth-order valence-electron chi connectivity index (χ4n) is 4.27. The topological polar surface area (TPSA) is 58.0 Å². The monoisotopic (exact) mass is 362 g/mol. The Bertz CT molecular complexity index is 938. The van der Waals surface area contributed by atoms with Crippen molar-refractivity contribution < 1.29 is 4.39 Å². The van der Waals surface area contributed by atoms with Gasteiger partial charge >= 0.3 is 0 Å². The third kappa shape index (κ3) is 2.70. The molecule has 2 aliphatic rings. The van der Waals surface area contributed by atoms with Crippen LogP contribution in [0.25, 0.3) is 0 Å². The summed E-state index contributed by atoms with van der Waals surface area (Å²) in [6, 6.07) is 10.4. The largest absolute Gasteiger partial charge is 0.341 e. The van der Waals surface area contributed by atoms with Gasteiger partial charge in [0.05, 0.1) is 12.4 Å². The fourth-order valence-corrected chi connectivity index (χ4v) is 4.27. The number of rotatable bonds is 2. The molecule has 2 aromatic heterocycles. The number of aromatic nitrogens is 4. The van der Waals surface area contributed by atoms with Crippen molar-refractivity contribution in [1.29, 1.82) is 0 Å². The van der Waals surface area contributed by atoms with E-state index in [0.717, 1.165) is 38.4 Å². The van der Waals surface area contributed by atoms with Gasteiger partial charge in [0.25, 0.3) is 0 Å². The van der Waals surface area contributed by atoms with Crippen LogP contribution in [0.3, 0.4) is 0 Å². The highest BCUT2D eigenvalue weighted by atomic mass is 19.1. The zero-order valence-electron chi connectivity index (χ0n) is 14.8. The molecule has 4 heterocycles. The Kier molecular flexibility index (Phi) is 3.74. The first-order valence-corrected chi connectivity index (χ1v) is 9.12. The van der Waals surface area contributed by atoms with Gasteiger partial charge in [-0.25, -0.2) is 24.3 Å². The SMILES string of the molecule is Fc1cnc(N2CCC3(CC2)CN(c2ncccn2)c2ccccc23)nc1. The van der Waals surface area contributed by atoms with Gasteiger partial charge in [-0.15, -0.1) is 0 Å². The van der Waals surface area contributed by atoms with Gasteiger partial charge in [0.15, 0.2) is 5.82 Å². The molecule has 136 valence electrons. The highest BCUT2D eigenvalue weighted by molar-refractivity contribution is 5.69. The van der Waals surface area contributed by atoms with Crippen molar-refractivity contribution in [2.75, 3.05) is 29.4 Å². The predicted molar refractivity (Wildman–Crippen MR) is 101 cm³/mol. The zero-order valence-corrected chi connectivity index (χ0v) is 14.8. The van der Waals surface area contributed by atoms with Crippen molar-refractivity contribution >= 4 is 17.6 Å². The van der Waals surface area contributed by atoms with E-state index in [2.05, 4.69) is 54.0 Å². The number of nitrogens with zero attached hydrogens (tertiary/aromatic N) is 6. The zero-order chi connectivity index (χ0) is 18.3. The Morgan fingerprint density at radius 2 is 1.56 bits per heavy atom. The normalized spacial score (nSPS) is 18.0. The number of anilines is 3. The summed E-state index contributed by atoms with van der Waals surface area (Å²) in [5, 5.41) is 0. The minimum atomic E-state index is -0.407. The van der Waals surface area contributed by atoms with Crippen molar-refractivity contribution in [1.82, 2.24) is 19.9 Å². The van der Waals surface area contributed by atoms with Gasteiger partial charge in [-0.05, 0) is 30.5 Å². The summed E-state index contributed by atoms with van der Waals surface area (Å²) in [4.78, 5) is 21.5. The van der Waals surface area contributed by atoms with E-state index in [1.807, 2.05) is 6.07 Å². The average molecular weight is 362 g/mol. The highest BCUT2D eigenvalue weighted by Gasteiger charge is 2.45. The Morgan fingerprint density at radius 1 is 0.852 bits per heavy atom. The van der Waals surface area contributed by atoms with Crippen molar-refractivity contribution in [2.24, 2.45) is 0 Å². The van der Waals surface area contributed by atoms with Crippen molar-refractivity contribution in [2.45, 2.75) is 18.3 Å². The summed E-state index contributed by atoms with van der Waals surface area (Å²) < 4.78 is 13.1. The van der Waals surface area contributed by atoms with E-state index >= 15 is 0 Å². The molecular weight excluding hydrogens is 343 g/mol. The molecule has 0 radical (unpaired) electrons. The lowest BCUT2D eigenvalue weighted by molar-refractivity contribution is 0.352. The van der Waals surface area contributed by atoms with Crippen LogP contribution in [-0.2, 0) is 5.41 Å². The molecule has 2 aliphatic heterocycles. The van der Waals surface area contributed by atoms with Crippen LogP contribution in [0.5, 0.6) is 0 Å². The second-order valence-electron chi connectivity index (χ2n) is 7.12. The quantitative estimate of drug-likeness (QED) is 0.698. The number of hydrogen-bond acceptors (Lipinski definition) is 6. The standard InChI is InChI=1S/C20H19FN6/c21-15-12-24-18(25-13-15)26-10-6-20(7-11-26)14-27(19-22-8-3-9-23-19)17-5-2-1-4-16(17)20/h1-5,8-9,12-13H,6-7,10-11,14H2. The van der Waals surface area contributed by atoms with E-state index in [-0.39, 0.29) is 5.41 Å². The Hall–Kier alpha value is -3.09. The smallest absolute Gasteiger partial charge is 0.229 e. The lowest BCUT2D eigenvalue weighted by Gasteiger charge is -2.39. The summed E-state index contributed by atoms with van der Waals surface area (Å²) in [6.45, 7) is 2.54. The Labute approximate surface area is 156 Å². The third-order valence-electron chi connectivity index (χ3n) is 5.63. The minimum Gasteiger partial charge on any atom is -0.341 e. The lowest BCUT2D eigenvalue weighted by Crippen LogP contribution is -2.45. The van der Waals surface area contributed by atoms with Gasteiger partial charge < -0.3 is 9.80 Å². The van der Waals surface area contributed by atoms with Gasteiger partial charge in [0.1, 0.15) is 0 Å². The van der Waals surface area contributed by atoms with Gasteiger partial charge in [-0.1, -0.05) is 18.2 Å². The van der Waals surface area contributed by atoms with E-state index in [1.54, 1.807) is 12.4 Å². The predicted octanol–water partition coefficient (Wildman–Crippen LogP) is 3.10. The van der Waals surface area contributed by atoms with Crippen LogP contribution in [0.4, 0.5) is 22.0 Å². The number of halogens is 1. The Balaban J connectivity index is 1.43. The summed E-state index contributed by atoms with van der Waals surface area (Å²) in [5.41, 5.74) is 2.61. The van der Waals surface area contributed by atoms with Gasteiger partial charge in [-0.2, -0.15) is 0 Å². The molecule has 1 fully saturated rings. The molecule has 0 N–H and O–H groups in total.